The van der Waals surface area contributed by atoms with Crippen molar-refractivity contribution in [1.29, 1.82) is 0 Å². The van der Waals surface area contributed by atoms with E-state index in [2.05, 4.69) is 0 Å². The molecule has 0 fully saturated rings. The Hall–Kier alpha value is -1.51. The molecule has 1 atom stereocenters. The fourth-order valence-corrected chi connectivity index (χ4v) is 1.69. The molecule has 0 saturated heterocycles. The van der Waals surface area contributed by atoms with Crippen LogP contribution in [0.5, 0.6) is 5.75 Å². The topological polar surface area (TPSA) is 46.5 Å². The number of ether oxygens (including phenoxy) is 1. The molecule has 0 radical (unpaired) electrons. The first kappa shape index (κ1) is 9.06. The van der Waals surface area contributed by atoms with E-state index in [-0.39, 0.29) is 0 Å². The van der Waals surface area contributed by atoms with Crippen molar-refractivity contribution in [2.75, 3.05) is 0 Å². The Morgan fingerprint density at radius 3 is 3.07 bits per heavy atom. The van der Waals surface area contributed by atoms with Gasteiger partial charge in [0, 0.05) is 0 Å². The second-order valence-corrected chi connectivity index (χ2v) is 3.59. The van der Waals surface area contributed by atoms with Crippen LogP contribution in [0.25, 0.3) is 0 Å². The Labute approximate surface area is 82.3 Å². The predicted octanol–water partition coefficient (Wildman–Crippen LogP) is 1.77. The molecule has 3 nitrogen and oxygen atoms in total. The standard InChI is InChI=1S/C11H12O3/c1-7-2-4-9-8(6-7)3-5-10(14-9)11(12)13/h2,4,6,10H,3,5H2,1H3,(H,12,13)/t10-/m0/s1. The molecule has 1 N–H and O–H groups in total. The fraction of sp³-hybridized carbons (Fsp3) is 0.364. The zero-order chi connectivity index (χ0) is 10.1. The summed E-state index contributed by atoms with van der Waals surface area (Å²) in [4.78, 5) is 10.7. The molecule has 0 aromatic heterocycles. The minimum Gasteiger partial charge on any atom is -0.479 e. The molecule has 14 heavy (non-hydrogen) atoms. The molecule has 1 aromatic carbocycles. The van der Waals surface area contributed by atoms with Crippen LogP contribution < -0.4 is 4.74 Å². The van der Waals surface area contributed by atoms with Crippen molar-refractivity contribution >= 4 is 5.97 Å². The van der Waals surface area contributed by atoms with Crippen LogP contribution in [0.15, 0.2) is 18.2 Å². The van der Waals surface area contributed by atoms with E-state index >= 15 is 0 Å². The summed E-state index contributed by atoms with van der Waals surface area (Å²) in [5.41, 5.74) is 2.30. The van der Waals surface area contributed by atoms with Crippen molar-refractivity contribution < 1.29 is 14.6 Å². The number of hydrogen-bond donors (Lipinski definition) is 1. The van der Waals surface area contributed by atoms with Crippen molar-refractivity contribution in [2.45, 2.75) is 25.9 Å². The Kier molecular flexibility index (Phi) is 2.15. The number of benzene rings is 1. The number of aryl methyl sites for hydroxylation is 2. The molecule has 3 heteroatoms. The number of carboxylic acid groups (broad SMARTS) is 1. The number of fused-ring (bicyclic) bond motifs is 1. The van der Waals surface area contributed by atoms with Crippen molar-refractivity contribution in [1.82, 2.24) is 0 Å². The monoisotopic (exact) mass is 192 g/mol. The van der Waals surface area contributed by atoms with Crippen molar-refractivity contribution in [3.63, 3.8) is 0 Å². The van der Waals surface area contributed by atoms with Gasteiger partial charge in [-0.25, -0.2) is 4.79 Å². The Morgan fingerprint density at radius 2 is 2.36 bits per heavy atom. The first-order valence-corrected chi connectivity index (χ1v) is 4.66. The van der Waals surface area contributed by atoms with Crippen LogP contribution in [0.4, 0.5) is 0 Å². The van der Waals surface area contributed by atoms with Crippen molar-refractivity contribution in [3.8, 4) is 5.75 Å². The van der Waals surface area contributed by atoms with Crippen LogP contribution in [-0.4, -0.2) is 17.2 Å². The van der Waals surface area contributed by atoms with Gasteiger partial charge in [-0.3, -0.25) is 0 Å². The normalized spacial score (nSPS) is 19.6. The van der Waals surface area contributed by atoms with Gasteiger partial charge in [-0.2, -0.15) is 0 Å². The molecule has 0 aliphatic carbocycles. The number of carboxylic acids is 1. The molecule has 2 rings (SSSR count). The molecular formula is C11H12O3. The Balaban J connectivity index is 2.27. The molecule has 1 aliphatic rings. The van der Waals surface area contributed by atoms with Gasteiger partial charge in [0.2, 0.25) is 0 Å². The summed E-state index contributed by atoms with van der Waals surface area (Å²) in [6.45, 7) is 2.02. The van der Waals surface area contributed by atoms with Gasteiger partial charge in [0.25, 0.3) is 0 Å². The minimum absolute atomic E-state index is 0.561. The summed E-state index contributed by atoms with van der Waals surface area (Å²) < 4.78 is 5.35. The molecule has 0 spiro atoms. The number of carbonyl (C=O) groups is 1. The van der Waals surface area contributed by atoms with Gasteiger partial charge in [-0.1, -0.05) is 17.7 Å². The van der Waals surface area contributed by atoms with E-state index in [4.69, 9.17) is 9.84 Å². The van der Waals surface area contributed by atoms with E-state index in [0.717, 1.165) is 12.0 Å². The van der Waals surface area contributed by atoms with Crippen LogP contribution in [0.3, 0.4) is 0 Å². The SMILES string of the molecule is Cc1ccc2c(c1)CC[C@@H](C(=O)O)O2. The van der Waals surface area contributed by atoms with E-state index in [1.54, 1.807) is 0 Å². The summed E-state index contributed by atoms with van der Waals surface area (Å²) in [5.74, 6) is -0.162. The van der Waals surface area contributed by atoms with Crippen molar-refractivity contribution in [3.05, 3.63) is 29.3 Å². The highest BCUT2D eigenvalue weighted by Crippen LogP contribution is 2.28. The van der Waals surface area contributed by atoms with Crippen LogP contribution >= 0.6 is 0 Å². The van der Waals surface area contributed by atoms with Crippen LogP contribution in [-0.2, 0) is 11.2 Å². The Bertz CT molecular complexity index is 371. The third-order valence-electron chi connectivity index (χ3n) is 2.44. The molecule has 1 aliphatic heterocycles. The minimum atomic E-state index is -0.878. The van der Waals surface area contributed by atoms with Crippen LogP contribution in [0.2, 0.25) is 0 Å². The predicted molar refractivity (Wildman–Crippen MR) is 51.6 cm³/mol. The summed E-state index contributed by atoms with van der Waals surface area (Å²) in [5, 5.41) is 8.79. The molecule has 0 amide bonds. The van der Waals surface area contributed by atoms with Gasteiger partial charge in [-0.05, 0) is 31.4 Å². The van der Waals surface area contributed by atoms with E-state index in [9.17, 15) is 4.79 Å². The quantitative estimate of drug-likeness (QED) is 0.737. The molecular weight excluding hydrogens is 180 g/mol. The van der Waals surface area contributed by atoms with Crippen LogP contribution in [0, 0.1) is 6.92 Å². The Morgan fingerprint density at radius 1 is 1.57 bits per heavy atom. The molecule has 1 heterocycles. The highest BCUT2D eigenvalue weighted by Gasteiger charge is 2.25. The number of aliphatic carboxylic acids is 1. The van der Waals surface area contributed by atoms with E-state index in [1.807, 2.05) is 25.1 Å². The molecule has 74 valence electrons. The average molecular weight is 192 g/mol. The van der Waals surface area contributed by atoms with E-state index < -0.39 is 12.1 Å². The zero-order valence-corrected chi connectivity index (χ0v) is 7.99. The lowest BCUT2D eigenvalue weighted by Crippen LogP contribution is -2.30. The van der Waals surface area contributed by atoms with Gasteiger partial charge < -0.3 is 9.84 Å². The fourth-order valence-electron chi connectivity index (χ4n) is 1.69. The van der Waals surface area contributed by atoms with Crippen LogP contribution in [0.1, 0.15) is 17.5 Å². The number of rotatable bonds is 1. The molecule has 0 saturated carbocycles. The van der Waals surface area contributed by atoms with Gasteiger partial charge in [-0.15, -0.1) is 0 Å². The third kappa shape index (κ3) is 1.58. The highest BCUT2D eigenvalue weighted by molar-refractivity contribution is 5.73. The number of hydrogen-bond acceptors (Lipinski definition) is 2. The maximum atomic E-state index is 10.7. The summed E-state index contributed by atoms with van der Waals surface area (Å²) >= 11 is 0. The first-order valence-electron chi connectivity index (χ1n) is 4.66. The lowest BCUT2D eigenvalue weighted by atomic mass is 10.0. The third-order valence-corrected chi connectivity index (χ3v) is 2.44. The second kappa shape index (κ2) is 3.33. The lowest BCUT2D eigenvalue weighted by Gasteiger charge is -2.23. The zero-order valence-electron chi connectivity index (χ0n) is 7.99. The molecule has 1 aromatic rings. The van der Waals surface area contributed by atoms with Crippen molar-refractivity contribution in [2.24, 2.45) is 0 Å². The van der Waals surface area contributed by atoms with Gasteiger partial charge in [0.15, 0.2) is 6.10 Å². The van der Waals surface area contributed by atoms with E-state index in [0.29, 0.717) is 12.2 Å². The lowest BCUT2D eigenvalue weighted by molar-refractivity contribution is -0.145. The summed E-state index contributed by atoms with van der Waals surface area (Å²) in [6.07, 6.45) is 0.671. The summed E-state index contributed by atoms with van der Waals surface area (Å²) in [6, 6.07) is 5.83. The average Bonchev–Trinajstić information content (AvgIpc) is 2.16. The summed E-state index contributed by atoms with van der Waals surface area (Å²) in [7, 11) is 0. The first-order chi connectivity index (χ1) is 6.66. The van der Waals surface area contributed by atoms with Gasteiger partial charge in [0.1, 0.15) is 5.75 Å². The second-order valence-electron chi connectivity index (χ2n) is 3.59. The maximum Gasteiger partial charge on any atom is 0.344 e. The largest absolute Gasteiger partial charge is 0.479 e. The van der Waals surface area contributed by atoms with E-state index in [1.165, 1.54) is 5.56 Å². The van der Waals surface area contributed by atoms with Gasteiger partial charge >= 0.3 is 5.97 Å². The smallest absolute Gasteiger partial charge is 0.344 e. The molecule has 0 bridgehead atoms. The highest BCUT2D eigenvalue weighted by atomic mass is 16.5. The van der Waals surface area contributed by atoms with Gasteiger partial charge in [0.05, 0.1) is 0 Å². The molecule has 0 unspecified atom stereocenters. The maximum absolute atomic E-state index is 10.7.